The van der Waals surface area contributed by atoms with E-state index < -0.39 is 0 Å². The van der Waals surface area contributed by atoms with Crippen LogP contribution in [-0.2, 0) is 5.54 Å². The lowest BCUT2D eigenvalue weighted by Gasteiger charge is -2.18. The van der Waals surface area contributed by atoms with Crippen molar-refractivity contribution in [3.8, 4) is 6.07 Å². The minimum absolute atomic E-state index is 0.0607. The summed E-state index contributed by atoms with van der Waals surface area (Å²) in [5, 5.41) is 11.6. The predicted octanol–water partition coefficient (Wildman–Crippen LogP) is 1.54. The molecule has 1 aromatic rings. The molecule has 0 aromatic heterocycles. The number of rotatable bonds is 0. The standard InChI is InChI=1S/C11H10N2O/c1-11(2)9-5-7(6-12)3-4-8(9)10(14)13-11/h3-5H,1-2H3,(H,13,14). The Balaban J connectivity index is 2.66. The predicted molar refractivity (Wildman–Crippen MR) is 51.6 cm³/mol. The van der Waals surface area contributed by atoms with E-state index in [-0.39, 0.29) is 11.4 Å². The topological polar surface area (TPSA) is 52.9 Å². The number of nitrogens with one attached hydrogen (secondary N) is 1. The Labute approximate surface area is 82.4 Å². The first kappa shape index (κ1) is 8.76. The van der Waals surface area contributed by atoms with Gasteiger partial charge in [-0.15, -0.1) is 0 Å². The van der Waals surface area contributed by atoms with E-state index in [1.165, 1.54) is 0 Å². The highest BCUT2D eigenvalue weighted by atomic mass is 16.2. The van der Waals surface area contributed by atoms with Gasteiger partial charge in [0.15, 0.2) is 0 Å². The van der Waals surface area contributed by atoms with Gasteiger partial charge in [-0.2, -0.15) is 5.26 Å². The van der Waals surface area contributed by atoms with Gasteiger partial charge in [-0.3, -0.25) is 4.79 Å². The highest BCUT2D eigenvalue weighted by Crippen LogP contribution is 2.30. The second-order valence-corrected chi connectivity index (χ2v) is 3.95. The van der Waals surface area contributed by atoms with Crippen molar-refractivity contribution in [1.82, 2.24) is 5.32 Å². The molecule has 1 aliphatic rings. The Kier molecular flexibility index (Phi) is 1.62. The van der Waals surface area contributed by atoms with Gasteiger partial charge in [0.25, 0.3) is 5.91 Å². The van der Waals surface area contributed by atoms with Crippen LogP contribution >= 0.6 is 0 Å². The number of hydrogen-bond donors (Lipinski definition) is 1. The molecule has 1 aromatic carbocycles. The van der Waals surface area contributed by atoms with E-state index in [9.17, 15) is 4.79 Å². The molecule has 0 unspecified atom stereocenters. The van der Waals surface area contributed by atoms with Crippen molar-refractivity contribution < 1.29 is 4.79 Å². The number of carbonyl (C=O) groups excluding carboxylic acids is 1. The number of nitrogens with zero attached hydrogens (tertiary/aromatic N) is 1. The number of fused-ring (bicyclic) bond motifs is 1. The first-order valence-corrected chi connectivity index (χ1v) is 4.42. The fraction of sp³-hybridized carbons (Fsp3) is 0.273. The van der Waals surface area contributed by atoms with Crippen LogP contribution in [-0.4, -0.2) is 5.91 Å². The van der Waals surface area contributed by atoms with Crippen LogP contribution in [0.15, 0.2) is 18.2 Å². The van der Waals surface area contributed by atoms with Crippen LogP contribution in [0.4, 0.5) is 0 Å². The van der Waals surface area contributed by atoms with Crippen LogP contribution in [0.3, 0.4) is 0 Å². The van der Waals surface area contributed by atoms with Gasteiger partial charge < -0.3 is 5.32 Å². The van der Waals surface area contributed by atoms with E-state index in [1.54, 1.807) is 18.2 Å². The van der Waals surface area contributed by atoms with E-state index >= 15 is 0 Å². The fourth-order valence-electron chi connectivity index (χ4n) is 1.75. The van der Waals surface area contributed by atoms with E-state index in [2.05, 4.69) is 11.4 Å². The number of hydrogen-bond acceptors (Lipinski definition) is 2. The summed E-state index contributed by atoms with van der Waals surface area (Å²) in [7, 11) is 0. The van der Waals surface area contributed by atoms with Crippen molar-refractivity contribution in [2.24, 2.45) is 0 Å². The maximum atomic E-state index is 11.5. The summed E-state index contributed by atoms with van der Waals surface area (Å²) in [5.74, 6) is -0.0607. The number of nitriles is 1. The molecule has 0 radical (unpaired) electrons. The maximum Gasteiger partial charge on any atom is 0.252 e. The SMILES string of the molecule is CC1(C)NC(=O)c2ccc(C#N)cc21. The summed E-state index contributed by atoms with van der Waals surface area (Å²) in [5.41, 5.74) is 1.81. The molecule has 0 fully saturated rings. The van der Waals surface area contributed by atoms with Crippen LogP contribution in [0, 0.1) is 11.3 Å². The summed E-state index contributed by atoms with van der Waals surface area (Å²) < 4.78 is 0. The molecule has 3 heteroatoms. The third kappa shape index (κ3) is 1.08. The maximum absolute atomic E-state index is 11.5. The number of amides is 1. The lowest BCUT2D eigenvalue weighted by atomic mass is 9.93. The summed E-state index contributed by atoms with van der Waals surface area (Å²) in [6, 6.07) is 7.21. The second kappa shape index (κ2) is 2.58. The molecule has 0 spiro atoms. The summed E-state index contributed by atoms with van der Waals surface area (Å²) in [6.45, 7) is 3.86. The minimum Gasteiger partial charge on any atom is -0.343 e. The van der Waals surface area contributed by atoms with Crippen molar-refractivity contribution in [3.63, 3.8) is 0 Å². The second-order valence-electron chi connectivity index (χ2n) is 3.95. The zero-order chi connectivity index (χ0) is 10.3. The average Bonchev–Trinajstić information content (AvgIpc) is 2.37. The molecule has 1 heterocycles. The Morgan fingerprint density at radius 3 is 2.79 bits per heavy atom. The molecule has 2 rings (SSSR count). The molecule has 14 heavy (non-hydrogen) atoms. The van der Waals surface area contributed by atoms with Crippen molar-refractivity contribution in [3.05, 3.63) is 34.9 Å². The van der Waals surface area contributed by atoms with Gasteiger partial charge in [0, 0.05) is 5.56 Å². The Morgan fingerprint density at radius 2 is 2.14 bits per heavy atom. The zero-order valence-corrected chi connectivity index (χ0v) is 8.09. The first-order valence-electron chi connectivity index (χ1n) is 4.42. The third-order valence-electron chi connectivity index (χ3n) is 2.49. The van der Waals surface area contributed by atoms with Gasteiger partial charge in [0.05, 0.1) is 17.2 Å². The van der Waals surface area contributed by atoms with Crippen LogP contribution in [0.5, 0.6) is 0 Å². The lowest BCUT2D eigenvalue weighted by Crippen LogP contribution is -2.32. The van der Waals surface area contributed by atoms with Crippen LogP contribution in [0.25, 0.3) is 0 Å². The van der Waals surface area contributed by atoms with Gasteiger partial charge in [-0.1, -0.05) is 0 Å². The van der Waals surface area contributed by atoms with Gasteiger partial charge in [-0.25, -0.2) is 0 Å². The third-order valence-corrected chi connectivity index (χ3v) is 2.49. The Bertz CT molecular complexity index is 455. The summed E-state index contributed by atoms with van der Waals surface area (Å²) in [6.07, 6.45) is 0. The van der Waals surface area contributed by atoms with Crippen LogP contribution in [0.2, 0.25) is 0 Å². The van der Waals surface area contributed by atoms with Gasteiger partial charge in [-0.05, 0) is 37.6 Å². The average molecular weight is 186 g/mol. The highest BCUT2D eigenvalue weighted by molar-refractivity contribution is 6.00. The highest BCUT2D eigenvalue weighted by Gasteiger charge is 2.34. The van der Waals surface area contributed by atoms with E-state index in [0.29, 0.717) is 11.1 Å². The number of benzene rings is 1. The Morgan fingerprint density at radius 1 is 1.43 bits per heavy atom. The zero-order valence-electron chi connectivity index (χ0n) is 8.09. The molecule has 0 atom stereocenters. The lowest BCUT2D eigenvalue weighted by molar-refractivity contribution is 0.0940. The monoisotopic (exact) mass is 186 g/mol. The molecule has 0 aliphatic carbocycles. The van der Waals surface area contributed by atoms with Crippen LogP contribution < -0.4 is 5.32 Å². The minimum atomic E-state index is -0.362. The Hall–Kier alpha value is -1.82. The number of carbonyl (C=O) groups is 1. The van der Waals surface area contributed by atoms with E-state index in [1.807, 2.05) is 13.8 Å². The van der Waals surface area contributed by atoms with Crippen LogP contribution in [0.1, 0.15) is 35.3 Å². The molecule has 70 valence electrons. The van der Waals surface area contributed by atoms with Crippen molar-refractivity contribution >= 4 is 5.91 Å². The first-order chi connectivity index (χ1) is 6.54. The van der Waals surface area contributed by atoms with E-state index in [4.69, 9.17) is 5.26 Å². The smallest absolute Gasteiger partial charge is 0.252 e. The largest absolute Gasteiger partial charge is 0.343 e. The molecular weight excluding hydrogens is 176 g/mol. The van der Waals surface area contributed by atoms with E-state index in [0.717, 1.165) is 5.56 Å². The quantitative estimate of drug-likeness (QED) is 0.668. The van der Waals surface area contributed by atoms with Crippen molar-refractivity contribution in [2.45, 2.75) is 19.4 Å². The molecular formula is C11H10N2O. The summed E-state index contributed by atoms with van der Waals surface area (Å²) >= 11 is 0. The molecule has 3 nitrogen and oxygen atoms in total. The molecule has 0 saturated carbocycles. The molecule has 0 saturated heterocycles. The molecule has 1 amide bonds. The van der Waals surface area contributed by atoms with Crippen molar-refractivity contribution in [1.29, 1.82) is 5.26 Å². The normalized spacial score (nSPS) is 17.1. The fourth-order valence-corrected chi connectivity index (χ4v) is 1.75. The summed E-state index contributed by atoms with van der Waals surface area (Å²) in [4.78, 5) is 11.5. The molecule has 1 aliphatic heterocycles. The van der Waals surface area contributed by atoms with Gasteiger partial charge in [0.2, 0.25) is 0 Å². The molecule has 1 N–H and O–H groups in total. The van der Waals surface area contributed by atoms with Gasteiger partial charge >= 0.3 is 0 Å². The molecule has 0 bridgehead atoms. The van der Waals surface area contributed by atoms with Crippen molar-refractivity contribution in [2.75, 3.05) is 0 Å². The van der Waals surface area contributed by atoms with Gasteiger partial charge in [0.1, 0.15) is 0 Å².